The lowest BCUT2D eigenvalue weighted by Crippen LogP contribution is -2.15. The molecule has 0 atom stereocenters. The highest BCUT2D eigenvalue weighted by atomic mass is 16.3. The molecule has 0 N–H and O–H groups in total. The van der Waals surface area contributed by atoms with Gasteiger partial charge in [0, 0.05) is 11.5 Å². The molecule has 2 heteroatoms. The third-order valence-electron chi connectivity index (χ3n) is 3.90. The van der Waals surface area contributed by atoms with Gasteiger partial charge in [0.1, 0.15) is 5.76 Å². The van der Waals surface area contributed by atoms with Crippen LogP contribution in [0.5, 0.6) is 0 Å². The predicted octanol–water partition coefficient (Wildman–Crippen LogP) is 5.78. The summed E-state index contributed by atoms with van der Waals surface area (Å²) in [4.78, 5) is 4.68. The Morgan fingerprint density at radius 2 is 1.46 bits per heavy atom. The molecule has 0 saturated heterocycles. The Morgan fingerprint density at radius 3 is 2.08 bits per heavy atom. The summed E-state index contributed by atoms with van der Waals surface area (Å²) < 4.78 is 6.07. The van der Waals surface area contributed by atoms with Gasteiger partial charge in [-0.1, -0.05) is 68.8 Å². The van der Waals surface area contributed by atoms with Crippen molar-refractivity contribution in [3.63, 3.8) is 0 Å². The summed E-state index contributed by atoms with van der Waals surface area (Å²) >= 11 is 0. The van der Waals surface area contributed by atoms with Crippen LogP contribution < -0.4 is 5.55 Å². The van der Waals surface area contributed by atoms with E-state index < -0.39 is 0 Å². The molecule has 0 aliphatic carbocycles. The van der Waals surface area contributed by atoms with Crippen LogP contribution in [0, 0.1) is 6.92 Å². The summed E-state index contributed by atoms with van der Waals surface area (Å²) in [5.74, 6) is 0.926. The molecule has 3 rings (SSSR count). The van der Waals surface area contributed by atoms with Crippen molar-refractivity contribution in [3.05, 3.63) is 83.6 Å². The fourth-order valence-corrected chi connectivity index (χ4v) is 2.46. The molecule has 1 heterocycles. The number of aryl methyl sites for hydroxylation is 1. The Kier molecular flexibility index (Phi) is 4.39. The van der Waals surface area contributed by atoms with Crippen molar-refractivity contribution in [1.29, 1.82) is 0 Å². The number of hydrogen-bond donors (Lipinski definition) is 0. The smallest absolute Gasteiger partial charge is 0.219 e. The van der Waals surface area contributed by atoms with Crippen molar-refractivity contribution < 1.29 is 4.42 Å². The van der Waals surface area contributed by atoms with Crippen molar-refractivity contribution in [3.8, 4) is 11.1 Å². The third kappa shape index (κ3) is 3.83. The van der Waals surface area contributed by atoms with Crippen LogP contribution in [0.1, 0.15) is 32.1 Å². The molecule has 0 bridgehead atoms. The van der Waals surface area contributed by atoms with E-state index in [9.17, 15) is 0 Å². The minimum Gasteiger partial charge on any atom is -0.443 e. The summed E-state index contributed by atoms with van der Waals surface area (Å²) in [6, 6.07) is 22.6. The topological polar surface area (TPSA) is 25.5 Å². The fraction of sp³-hybridized carbons (Fsp3) is 0.227. The minimum atomic E-state index is -0.0810. The van der Waals surface area contributed by atoms with Crippen LogP contribution >= 0.6 is 0 Å². The third-order valence-corrected chi connectivity index (χ3v) is 3.90. The average molecular weight is 317 g/mol. The van der Waals surface area contributed by atoms with E-state index in [0.717, 1.165) is 17.0 Å². The van der Waals surface area contributed by atoms with Crippen LogP contribution in [-0.2, 0) is 5.41 Å². The van der Waals surface area contributed by atoms with Crippen LogP contribution in [0.3, 0.4) is 0 Å². The number of hydrogen-bond acceptors (Lipinski definition) is 2. The molecule has 1 aromatic heterocycles. The molecule has 0 aliphatic rings. The van der Waals surface area contributed by atoms with Gasteiger partial charge >= 0.3 is 0 Å². The van der Waals surface area contributed by atoms with Gasteiger partial charge in [0.05, 0.1) is 5.69 Å². The molecular formula is C22H23NO. The minimum absolute atomic E-state index is 0.0810. The predicted molar refractivity (Wildman–Crippen MR) is 99.2 cm³/mol. The Bertz CT molecular complexity index is 882. The maximum Gasteiger partial charge on any atom is 0.219 e. The van der Waals surface area contributed by atoms with E-state index in [4.69, 9.17) is 4.42 Å². The van der Waals surface area contributed by atoms with Crippen molar-refractivity contribution in [2.75, 3.05) is 0 Å². The van der Waals surface area contributed by atoms with Crippen molar-refractivity contribution in [2.24, 2.45) is 4.99 Å². The van der Waals surface area contributed by atoms with Gasteiger partial charge in [-0.2, -0.15) is 0 Å². The monoisotopic (exact) mass is 317 g/mol. The lowest BCUT2D eigenvalue weighted by molar-refractivity contribution is 0.371. The SMILES string of the molecule is Cc1ccc(N=c2cc(-c3ccccc3)cc(C(C)(C)C)o2)cc1. The molecule has 0 fully saturated rings. The lowest BCUT2D eigenvalue weighted by Gasteiger charge is -2.18. The Balaban J connectivity index is 2.17. The normalized spacial score (nSPS) is 12.4. The molecular weight excluding hydrogens is 294 g/mol. The molecule has 0 amide bonds. The van der Waals surface area contributed by atoms with Gasteiger partial charge in [-0.25, -0.2) is 4.99 Å². The van der Waals surface area contributed by atoms with Crippen LogP contribution in [0.15, 0.2) is 76.1 Å². The number of benzene rings is 2. The van der Waals surface area contributed by atoms with Crippen molar-refractivity contribution >= 4 is 5.69 Å². The van der Waals surface area contributed by atoms with Gasteiger partial charge in [0.25, 0.3) is 0 Å². The lowest BCUT2D eigenvalue weighted by atomic mass is 9.91. The number of rotatable bonds is 2. The summed E-state index contributed by atoms with van der Waals surface area (Å²) in [5, 5.41) is 0. The fourth-order valence-electron chi connectivity index (χ4n) is 2.46. The molecule has 3 aromatic rings. The van der Waals surface area contributed by atoms with Gasteiger partial charge in [-0.05, 0) is 36.2 Å². The van der Waals surface area contributed by atoms with Crippen molar-refractivity contribution in [1.82, 2.24) is 0 Å². The summed E-state index contributed by atoms with van der Waals surface area (Å²) in [6.45, 7) is 8.52. The molecule has 0 spiro atoms. The van der Waals surface area contributed by atoms with Gasteiger partial charge < -0.3 is 4.42 Å². The van der Waals surface area contributed by atoms with E-state index in [2.05, 4.69) is 63.0 Å². The van der Waals surface area contributed by atoms with Crippen LogP contribution in [0.2, 0.25) is 0 Å². The van der Waals surface area contributed by atoms with E-state index in [1.807, 2.05) is 36.4 Å². The van der Waals surface area contributed by atoms with Crippen LogP contribution in [0.4, 0.5) is 5.69 Å². The maximum atomic E-state index is 6.07. The zero-order valence-electron chi connectivity index (χ0n) is 14.7. The Hall–Kier alpha value is -2.61. The molecule has 0 unspecified atom stereocenters. The molecule has 24 heavy (non-hydrogen) atoms. The second kappa shape index (κ2) is 6.48. The largest absolute Gasteiger partial charge is 0.443 e. The van der Waals surface area contributed by atoms with E-state index >= 15 is 0 Å². The van der Waals surface area contributed by atoms with Crippen molar-refractivity contribution in [2.45, 2.75) is 33.1 Å². The molecule has 0 aliphatic heterocycles. The highest BCUT2D eigenvalue weighted by molar-refractivity contribution is 5.63. The van der Waals surface area contributed by atoms with Crippen LogP contribution in [0.25, 0.3) is 11.1 Å². The first kappa shape index (κ1) is 16.3. The zero-order chi connectivity index (χ0) is 17.2. The summed E-state index contributed by atoms with van der Waals surface area (Å²) in [5.41, 5.74) is 4.96. The first-order chi connectivity index (χ1) is 11.4. The Labute approximate surface area is 143 Å². The first-order valence-electron chi connectivity index (χ1n) is 8.24. The highest BCUT2D eigenvalue weighted by Crippen LogP contribution is 2.26. The summed E-state index contributed by atoms with van der Waals surface area (Å²) in [7, 11) is 0. The van der Waals surface area contributed by atoms with E-state index in [-0.39, 0.29) is 5.41 Å². The molecule has 0 saturated carbocycles. The van der Waals surface area contributed by atoms with Gasteiger partial charge in [-0.15, -0.1) is 0 Å². The van der Waals surface area contributed by atoms with Gasteiger partial charge in [-0.3, -0.25) is 0 Å². The van der Waals surface area contributed by atoms with E-state index in [0.29, 0.717) is 5.55 Å². The van der Waals surface area contributed by atoms with Crippen LogP contribution in [-0.4, -0.2) is 0 Å². The first-order valence-corrected chi connectivity index (χ1v) is 8.24. The quantitative estimate of drug-likeness (QED) is 0.587. The zero-order valence-corrected chi connectivity index (χ0v) is 14.7. The number of nitrogens with zero attached hydrogens (tertiary/aromatic N) is 1. The molecule has 0 radical (unpaired) electrons. The molecule has 2 nitrogen and oxygen atoms in total. The molecule has 2 aromatic carbocycles. The van der Waals surface area contributed by atoms with Gasteiger partial charge in [0.15, 0.2) is 0 Å². The maximum absolute atomic E-state index is 6.07. The summed E-state index contributed by atoms with van der Waals surface area (Å²) in [6.07, 6.45) is 0. The second-order valence-corrected chi connectivity index (χ2v) is 7.11. The standard InChI is InChI=1S/C22H23NO/c1-16-10-12-19(13-11-16)23-21-15-18(17-8-6-5-7-9-17)14-20(24-21)22(2,3)4/h5-15H,1-4H3. The second-order valence-electron chi connectivity index (χ2n) is 7.11. The highest BCUT2D eigenvalue weighted by Gasteiger charge is 2.18. The molecule has 122 valence electrons. The van der Waals surface area contributed by atoms with E-state index in [1.54, 1.807) is 0 Å². The van der Waals surface area contributed by atoms with E-state index in [1.165, 1.54) is 11.1 Å². The van der Waals surface area contributed by atoms with Gasteiger partial charge in [0.2, 0.25) is 5.55 Å². The Morgan fingerprint density at radius 1 is 0.792 bits per heavy atom. The average Bonchev–Trinajstić information content (AvgIpc) is 2.57.